The number of amides is 1. The van der Waals surface area contributed by atoms with Gasteiger partial charge in [0.25, 0.3) is 0 Å². The standard InChI is InChI=1S/C13H17N3O4/c1-13(2,3)20-12(19)16-11(14)15-9-6-4-8(5-7-9)10(17)18/h4-7H,1-3H3,(H,17,18)(H3,14,15,16,19). The van der Waals surface area contributed by atoms with E-state index in [0.717, 1.165) is 0 Å². The molecule has 0 saturated carbocycles. The minimum Gasteiger partial charge on any atom is -0.478 e. The van der Waals surface area contributed by atoms with Gasteiger partial charge >= 0.3 is 12.1 Å². The Morgan fingerprint density at radius 3 is 2.20 bits per heavy atom. The van der Waals surface area contributed by atoms with Crippen LogP contribution in [-0.4, -0.2) is 28.7 Å². The zero-order valence-corrected chi connectivity index (χ0v) is 11.5. The van der Waals surface area contributed by atoms with Crippen LogP contribution in [0.15, 0.2) is 24.3 Å². The van der Waals surface area contributed by atoms with Crippen molar-refractivity contribution in [2.75, 3.05) is 5.32 Å². The maximum Gasteiger partial charge on any atom is 0.414 e. The molecule has 0 bridgehead atoms. The second kappa shape index (κ2) is 6.05. The molecule has 0 fully saturated rings. The van der Waals surface area contributed by atoms with Crippen LogP contribution in [0.2, 0.25) is 0 Å². The van der Waals surface area contributed by atoms with Gasteiger partial charge in [-0.1, -0.05) is 0 Å². The highest BCUT2D eigenvalue weighted by Crippen LogP contribution is 2.09. The van der Waals surface area contributed by atoms with Gasteiger partial charge < -0.3 is 15.2 Å². The van der Waals surface area contributed by atoms with Crippen molar-refractivity contribution in [1.29, 1.82) is 5.41 Å². The lowest BCUT2D eigenvalue weighted by Crippen LogP contribution is -2.39. The summed E-state index contributed by atoms with van der Waals surface area (Å²) in [6.45, 7) is 5.15. The van der Waals surface area contributed by atoms with Gasteiger partial charge in [-0.05, 0) is 45.0 Å². The SMILES string of the molecule is CC(C)(C)OC(=O)NC(=N)Nc1ccc(C(=O)O)cc1. The van der Waals surface area contributed by atoms with Crippen LogP contribution in [0, 0.1) is 5.41 Å². The first-order valence-electron chi connectivity index (χ1n) is 5.86. The van der Waals surface area contributed by atoms with Gasteiger partial charge in [-0.3, -0.25) is 10.7 Å². The van der Waals surface area contributed by atoms with Crippen molar-refractivity contribution in [3.05, 3.63) is 29.8 Å². The molecule has 20 heavy (non-hydrogen) atoms. The zero-order chi connectivity index (χ0) is 15.3. The quantitative estimate of drug-likeness (QED) is 0.490. The van der Waals surface area contributed by atoms with Crippen LogP contribution in [-0.2, 0) is 4.74 Å². The fourth-order valence-corrected chi connectivity index (χ4v) is 1.28. The second-order valence-electron chi connectivity index (χ2n) is 5.01. The first-order valence-corrected chi connectivity index (χ1v) is 5.86. The summed E-state index contributed by atoms with van der Waals surface area (Å²) in [5.41, 5.74) is -0.0220. The van der Waals surface area contributed by atoms with Gasteiger partial charge in [-0.25, -0.2) is 9.59 Å². The molecule has 0 heterocycles. The average Bonchev–Trinajstić information content (AvgIpc) is 2.26. The monoisotopic (exact) mass is 279 g/mol. The number of aromatic carboxylic acids is 1. The van der Waals surface area contributed by atoms with Gasteiger partial charge in [0, 0.05) is 5.69 Å². The molecule has 1 aromatic rings. The summed E-state index contributed by atoms with van der Waals surface area (Å²) in [6.07, 6.45) is -0.739. The molecule has 0 unspecified atom stereocenters. The number of hydrogen-bond donors (Lipinski definition) is 4. The molecule has 0 spiro atoms. The summed E-state index contributed by atoms with van der Waals surface area (Å²) in [5.74, 6) is -1.29. The Morgan fingerprint density at radius 2 is 1.75 bits per heavy atom. The molecule has 0 aliphatic heterocycles. The van der Waals surface area contributed by atoms with Crippen LogP contribution < -0.4 is 10.6 Å². The Hall–Kier alpha value is -2.57. The first kappa shape index (κ1) is 15.5. The topological polar surface area (TPSA) is 112 Å². The highest BCUT2D eigenvalue weighted by molar-refractivity contribution is 6.00. The molecule has 0 aromatic heterocycles. The van der Waals surface area contributed by atoms with E-state index in [2.05, 4.69) is 10.6 Å². The molecule has 0 aliphatic rings. The zero-order valence-electron chi connectivity index (χ0n) is 11.5. The van der Waals surface area contributed by atoms with Gasteiger partial charge in [0.2, 0.25) is 5.96 Å². The van der Waals surface area contributed by atoms with Crippen molar-refractivity contribution in [2.24, 2.45) is 0 Å². The second-order valence-corrected chi connectivity index (χ2v) is 5.01. The summed E-state index contributed by atoms with van der Waals surface area (Å²) in [5, 5.41) is 21.1. The lowest BCUT2D eigenvalue weighted by atomic mass is 10.2. The lowest BCUT2D eigenvalue weighted by Gasteiger charge is -2.20. The number of hydrogen-bond acceptors (Lipinski definition) is 4. The van der Waals surface area contributed by atoms with Crippen LogP contribution in [0.3, 0.4) is 0 Å². The van der Waals surface area contributed by atoms with Gasteiger partial charge in [0.15, 0.2) is 0 Å². The number of carboxylic acids is 1. The van der Waals surface area contributed by atoms with Crippen molar-refractivity contribution in [2.45, 2.75) is 26.4 Å². The molecular weight excluding hydrogens is 262 g/mol. The van der Waals surface area contributed by atoms with E-state index in [4.69, 9.17) is 15.3 Å². The molecule has 0 atom stereocenters. The predicted octanol–water partition coefficient (Wildman–Crippen LogP) is 2.26. The van der Waals surface area contributed by atoms with E-state index in [-0.39, 0.29) is 11.5 Å². The molecular formula is C13H17N3O4. The molecule has 4 N–H and O–H groups in total. The normalized spacial score (nSPS) is 10.6. The lowest BCUT2D eigenvalue weighted by molar-refractivity contribution is 0.0562. The van der Waals surface area contributed by atoms with Crippen molar-refractivity contribution in [1.82, 2.24) is 5.32 Å². The number of carbonyl (C=O) groups excluding carboxylic acids is 1. The maximum absolute atomic E-state index is 11.4. The molecule has 0 radical (unpaired) electrons. The number of guanidine groups is 1. The number of ether oxygens (including phenoxy) is 1. The number of carboxylic acid groups (broad SMARTS) is 1. The van der Waals surface area contributed by atoms with Crippen molar-refractivity contribution < 1.29 is 19.4 Å². The fourth-order valence-electron chi connectivity index (χ4n) is 1.28. The summed E-state index contributed by atoms with van der Waals surface area (Å²) < 4.78 is 4.99. The van der Waals surface area contributed by atoms with E-state index >= 15 is 0 Å². The Kier molecular flexibility index (Phi) is 4.68. The first-order chi connectivity index (χ1) is 9.17. The minimum atomic E-state index is -1.03. The van der Waals surface area contributed by atoms with Crippen LogP contribution in [0.4, 0.5) is 10.5 Å². The number of carbonyl (C=O) groups is 2. The van der Waals surface area contributed by atoms with Crippen molar-refractivity contribution in [3.8, 4) is 0 Å². The predicted molar refractivity (Wildman–Crippen MR) is 74.1 cm³/mol. The Bertz CT molecular complexity index is 517. The molecule has 1 rings (SSSR count). The highest BCUT2D eigenvalue weighted by Gasteiger charge is 2.17. The Morgan fingerprint density at radius 1 is 1.20 bits per heavy atom. The van der Waals surface area contributed by atoms with E-state index in [9.17, 15) is 9.59 Å². The van der Waals surface area contributed by atoms with Gasteiger partial charge in [0.05, 0.1) is 5.56 Å². The molecule has 1 aromatic carbocycles. The molecule has 7 nitrogen and oxygen atoms in total. The third-order valence-electron chi connectivity index (χ3n) is 2.03. The summed E-state index contributed by atoms with van der Waals surface area (Å²) in [7, 11) is 0. The van der Waals surface area contributed by atoms with Crippen molar-refractivity contribution in [3.63, 3.8) is 0 Å². The van der Waals surface area contributed by atoms with E-state index in [0.29, 0.717) is 5.69 Å². The van der Waals surface area contributed by atoms with Crippen LogP contribution in [0.5, 0.6) is 0 Å². The van der Waals surface area contributed by atoms with Crippen molar-refractivity contribution >= 4 is 23.7 Å². The fraction of sp³-hybridized carbons (Fsp3) is 0.308. The van der Waals surface area contributed by atoms with Gasteiger partial charge in [0.1, 0.15) is 5.60 Å². The van der Waals surface area contributed by atoms with Crippen LogP contribution in [0.1, 0.15) is 31.1 Å². The number of rotatable bonds is 2. The number of nitrogens with one attached hydrogen (secondary N) is 3. The largest absolute Gasteiger partial charge is 0.478 e. The number of anilines is 1. The van der Waals surface area contributed by atoms with E-state index in [1.54, 1.807) is 20.8 Å². The Balaban J connectivity index is 2.54. The third-order valence-corrected chi connectivity index (χ3v) is 2.03. The molecule has 0 aliphatic carbocycles. The third kappa shape index (κ3) is 5.38. The van der Waals surface area contributed by atoms with Crippen LogP contribution >= 0.6 is 0 Å². The van der Waals surface area contributed by atoms with Crippen LogP contribution in [0.25, 0.3) is 0 Å². The molecule has 108 valence electrons. The molecule has 1 amide bonds. The summed E-state index contributed by atoms with van der Waals surface area (Å²) >= 11 is 0. The average molecular weight is 279 g/mol. The maximum atomic E-state index is 11.4. The number of benzene rings is 1. The van der Waals surface area contributed by atoms with Gasteiger partial charge in [-0.2, -0.15) is 0 Å². The molecule has 0 saturated heterocycles. The summed E-state index contributed by atoms with van der Waals surface area (Å²) in [4.78, 5) is 22.1. The van der Waals surface area contributed by atoms with E-state index in [1.165, 1.54) is 24.3 Å². The summed E-state index contributed by atoms with van der Waals surface area (Å²) in [6, 6.07) is 5.78. The highest BCUT2D eigenvalue weighted by atomic mass is 16.6. The number of alkyl carbamates (subject to hydrolysis) is 1. The Labute approximate surface area is 116 Å². The smallest absolute Gasteiger partial charge is 0.414 e. The van der Waals surface area contributed by atoms with E-state index in [1.807, 2.05) is 0 Å². The van der Waals surface area contributed by atoms with E-state index < -0.39 is 17.7 Å². The molecule has 7 heteroatoms. The van der Waals surface area contributed by atoms with Gasteiger partial charge in [-0.15, -0.1) is 0 Å². The minimum absolute atomic E-state index is 0.141.